The number of rotatable bonds is 3. The number of benzene rings is 1. The van der Waals surface area contributed by atoms with E-state index in [1.54, 1.807) is 13.0 Å². The standard InChI is InChI=1S/C13H15BO3/c1-3-10-11-6-4-5-7-12(11)17-13(10)8-9(2)14(15)16/h4-8,15-16H,3H2,1-2H3/b9-8+. The van der Waals surface area contributed by atoms with E-state index in [1.165, 1.54) is 0 Å². The van der Waals surface area contributed by atoms with Crippen molar-refractivity contribution < 1.29 is 14.5 Å². The second-order valence-corrected chi connectivity index (χ2v) is 4.06. The lowest BCUT2D eigenvalue weighted by atomic mass is 9.80. The van der Waals surface area contributed by atoms with E-state index in [1.807, 2.05) is 24.3 Å². The highest BCUT2D eigenvalue weighted by Gasteiger charge is 2.14. The molecule has 0 aliphatic rings. The van der Waals surface area contributed by atoms with Crippen molar-refractivity contribution in [1.82, 2.24) is 0 Å². The van der Waals surface area contributed by atoms with Crippen LogP contribution in [0.1, 0.15) is 25.2 Å². The average Bonchev–Trinajstić information content (AvgIpc) is 2.65. The summed E-state index contributed by atoms with van der Waals surface area (Å²) in [6.07, 6.45) is 2.53. The van der Waals surface area contributed by atoms with Gasteiger partial charge in [0.25, 0.3) is 0 Å². The highest BCUT2D eigenvalue weighted by molar-refractivity contribution is 6.51. The van der Waals surface area contributed by atoms with Crippen LogP contribution in [0.3, 0.4) is 0 Å². The summed E-state index contributed by atoms with van der Waals surface area (Å²) in [7, 11) is -1.44. The van der Waals surface area contributed by atoms with Crippen LogP contribution in [0.25, 0.3) is 17.0 Å². The summed E-state index contributed by atoms with van der Waals surface area (Å²) >= 11 is 0. The molecule has 0 fully saturated rings. The number of allylic oxidation sites excluding steroid dienone is 1. The lowest BCUT2D eigenvalue weighted by molar-refractivity contribution is 0.419. The van der Waals surface area contributed by atoms with E-state index in [0.717, 1.165) is 23.0 Å². The number of hydrogen-bond acceptors (Lipinski definition) is 3. The summed E-state index contributed by atoms with van der Waals surface area (Å²) in [4.78, 5) is 0. The predicted molar refractivity (Wildman–Crippen MR) is 69.4 cm³/mol. The zero-order valence-corrected chi connectivity index (χ0v) is 9.97. The Hall–Kier alpha value is -1.52. The summed E-state index contributed by atoms with van der Waals surface area (Å²) in [5, 5.41) is 19.2. The molecule has 0 spiro atoms. The first-order valence-electron chi connectivity index (χ1n) is 5.68. The third-order valence-electron chi connectivity index (χ3n) is 2.85. The molecule has 17 heavy (non-hydrogen) atoms. The first kappa shape index (κ1) is 12.0. The number of para-hydroxylation sites is 1. The second-order valence-electron chi connectivity index (χ2n) is 4.06. The molecule has 0 amide bonds. The molecule has 0 atom stereocenters. The van der Waals surface area contributed by atoms with Crippen molar-refractivity contribution in [1.29, 1.82) is 0 Å². The Morgan fingerprint density at radius 1 is 1.35 bits per heavy atom. The molecule has 1 aromatic carbocycles. The van der Waals surface area contributed by atoms with Gasteiger partial charge in [-0.25, -0.2) is 0 Å². The molecule has 88 valence electrons. The third-order valence-corrected chi connectivity index (χ3v) is 2.85. The monoisotopic (exact) mass is 230 g/mol. The summed E-state index contributed by atoms with van der Waals surface area (Å²) in [6.45, 7) is 3.72. The van der Waals surface area contributed by atoms with Gasteiger partial charge in [-0.2, -0.15) is 0 Å². The van der Waals surface area contributed by atoms with Crippen molar-refractivity contribution in [2.24, 2.45) is 0 Å². The number of fused-ring (bicyclic) bond motifs is 1. The van der Waals surface area contributed by atoms with E-state index >= 15 is 0 Å². The van der Waals surface area contributed by atoms with E-state index in [9.17, 15) is 0 Å². The lowest BCUT2D eigenvalue weighted by Gasteiger charge is -1.98. The summed E-state index contributed by atoms with van der Waals surface area (Å²) < 4.78 is 5.71. The molecule has 0 bridgehead atoms. The summed E-state index contributed by atoms with van der Waals surface area (Å²) in [6, 6.07) is 7.82. The van der Waals surface area contributed by atoms with E-state index in [0.29, 0.717) is 11.2 Å². The van der Waals surface area contributed by atoms with Crippen LogP contribution < -0.4 is 0 Å². The van der Waals surface area contributed by atoms with Gasteiger partial charge in [0.1, 0.15) is 11.3 Å². The van der Waals surface area contributed by atoms with E-state index in [4.69, 9.17) is 14.5 Å². The van der Waals surface area contributed by atoms with Gasteiger partial charge in [-0.05, 0) is 31.0 Å². The summed E-state index contributed by atoms with van der Waals surface area (Å²) in [5.74, 6) is 0.708. The second kappa shape index (κ2) is 4.78. The van der Waals surface area contributed by atoms with E-state index < -0.39 is 7.12 Å². The highest BCUT2D eigenvalue weighted by Crippen LogP contribution is 2.27. The number of hydrogen-bond donors (Lipinski definition) is 2. The van der Waals surface area contributed by atoms with Crippen LogP contribution in [0.4, 0.5) is 0 Å². The smallest absolute Gasteiger partial charge is 0.456 e. The Bertz CT molecular complexity index is 555. The van der Waals surface area contributed by atoms with Crippen molar-refractivity contribution in [3.63, 3.8) is 0 Å². The number of furan rings is 1. The quantitative estimate of drug-likeness (QED) is 0.796. The van der Waals surface area contributed by atoms with Gasteiger partial charge in [0.15, 0.2) is 0 Å². The van der Waals surface area contributed by atoms with Crippen LogP contribution in [-0.4, -0.2) is 17.2 Å². The highest BCUT2D eigenvalue weighted by atomic mass is 16.4. The Kier molecular flexibility index (Phi) is 3.36. The predicted octanol–water partition coefficient (Wildman–Crippen LogP) is 2.41. The topological polar surface area (TPSA) is 53.6 Å². The molecule has 0 saturated carbocycles. The average molecular weight is 230 g/mol. The number of aryl methyl sites for hydroxylation is 1. The molecule has 0 radical (unpaired) electrons. The van der Waals surface area contributed by atoms with E-state index in [2.05, 4.69) is 6.92 Å². The Balaban J connectivity index is 2.58. The minimum atomic E-state index is -1.44. The Labute approximate surface area is 101 Å². The van der Waals surface area contributed by atoms with Gasteiger partial charge < -0.3 is 14.5 Å². The van der Waals surface area contributed by atoms with Gasteiger partial charge in [-0.3, -0.25) is 0 Å². The molecular formula is C13H15BO3. The zero-order chi connectivity index (χ0) is 12.4. The van der Waals surface area contributed by atoms with Crippen LogP contribution in [0.2, 0.25) is 0 Å². The Morgan fingerprint density at radius 2 is 2.06 bits per heavy atom. The van der Waals surface area contributed by atoms with Crippen molar-refractivity contribution in [2.75, 3.05) is 0 Å². The SMILES string of the molecule is CCc1c(/C=C(\C)B(O)O)oc2ccccc12. The van der Waals surface area contributed by atoms with Crippen LogP contribution in [0.15, 0.2) is 34.2 Å². The van der Waals surface area contributed by atoms with Crippen LogP contribution in [0.5, 0.6) is 0 Å². The summed E-state index contributed by atoms with van der Waals surface area (Å²) in [5.41, 5.74) is 2.40. The van der Waals surface area contributed by atoms with Gasteiger partial charge in [-0.15, -0.1) is 0 Å². The largest absolute Gasteiger partial charge is 0.483 e. The van der Waals surface area contributed by atoms with Gasteiger partial charge in [0, 0.05) is 10.9 Å². The molecule has 1 aromatic heterocycles. The molecule has 1 heterocycles. The molecule has 2 rings (SSSR count). The van der Waals surface area contributed by atoms with Gasteiger partial charge in [0.05, 0.1) is 0 Å². The molecule has 4 heteroatoms. The maximum Gasteiger partial charge on any atom is 0.483 e. The molecule has 0 aliphatic carbocycles. The minimum absolute atomic E-state index is 0.471. The fraction of sp³-hybridized carbons (Fsp3) is 0.231. The molecule has 2 aromatic rings. The maximum absolute atomic E-state index is 9.07. The van der Waals surface area contributed by atoms with Crippen LogP contribution in [-0.2, 0) is 6.42 Å². The molecule has 0 unspecified atom stereocenters. The first-order chi connectivity index (χ1) is 8.13. The third kappa shape index (κ3) is 2.28. The normalized spacial score (nSPS) is 12.1. The lowest BCUT2D eigenvalue weighted by Crippen LogP contribution is -2.12. The maximum atomic E-state index is 9.07. The Morgan fingerprint density at radius 3 is 2.71 bits per heavy atom. The first-order valence-corrected chi connectivity index (χ1v) is 5.68. The van der Waals surface area contributed by atoms with E-state index in [-0.39, 0.29) is 0 Å². The van der Waals surface area contributed by atoms with Crippen molar-refractivity contribution in [3.8, 4) is 0 Å². The fourth-order valence-electron chi connectivity index (χ4n) is 1.88. The van der Waals surface area contributed by atoms with Crippen molar-refractivity contribution >= 4 is 24.2 Å². The fourth-order valence-corrected chi connectivity index (χ4v) is 1.88. The molecule has 2 N–H and O–H groups in total. The minimum Gasteiger partial charge on any atom is -0.456 e. The molecule has 3 nitrogen and oxygen atoms in total. The van der Waals surface area contributed by atoms with Gasteiger partial charge in [-0.1, -0.05) is 25.1 Å². The van der Waals surface area contributed by atoms with Crippen molar-refractivity contribution in [3.05, 3.63) is 41.1 Å². The van der Waals surface area contributed by atoms with Gasteiger partial charge >= 0.3 is 7.12 Å². The van der Waals surface area contributed by atoms with Crippen LogP contribution in [0, 0.1) is 0 Å². The van der Waals surface area contributed by atoms with Crippen LogP contribution >= 0.6 is 0 Å². The zero-order valence-electron chi connectivity index (χ0n) is 9.97. The van der Waals surface area contributed by atoms with Crippen molar-refractivity contribution in [2.45, 2.75) is 20.3 Å². The molecule has 0 saturated heterocycles. The van der Waals surface area contributed by atoms with Gasteiger partial charge in [0.2, 0.25) is 0 Å². The molecular weight excluding hydrogens is 215 g/mol. The molecule has 0 aliphatic heterocycles.